The van der Waals surface area contributed by atoms with Gasteiger partial charge >= 0.3 is 5.97 Å². The van der Waals surface area contributed by atoms with Gasteiger partial charge in [-0.25, -0.2) is 0 Å². The molecule has 0 saturated heterocycles. The summed E-state index contributed by atoms with van der Waals surface area (Å²) in [4.78, 5) is 10.8. The summed E-state index contributed by atoms with van der Waals surface area (Å²) >= 11 is 0. The first kappa shape index (κ1) is 11.4. The first-order chi connectivity index (χ1) is 7.22. The van der Waals surface area contributed by atoms with E-state index in [0.717, 1.165) is 0 Å². The Morgan fingerprint density at radius 1 is 1.27 bits per heavy atom. The van der Waals surface area contributed by atoms with Crippen LogP contribution in [0.25, 0.3) is 0 Å². The summed E-state index contributed by atoms with van der Waals surface area (Å²) in [6, 6.07) is 6.37. The van der Waals surface area contributed by atoms with Crippen molar-refractivity contribution in [2.75, 3.05) is 13.2 Å². The average molecular weight is 210 g/mol. The maximum atomic E-state index is 10.8. The zero-order chi connectivity index (χ0) is 11.1. The Bertz CT molecular complexity index is 305. The molecule has 1 N–H and O–H groups in total. The third-order valence-corrected chi connectivity index (χ3v) is 1.74. The number of carbonyl (C=O) groups excluding carboxylic acids is 1. The zero-order valence-electron chi connectivity index (χ0n) is 8.60. The van der Waals surface area contributed by atoms with Gasteiger partial charge in [-0.05, 0) is 24.3 Å². The van der Waals surface area contributed by atoms with Crippen molar-refractivity contribution in [2.24, 2.45) is 0 Å². The molecule has 0 atom stereocenters. The number of phenols is 1. The van der Waals surface area contributed by atoms with E-state index < -0.39 is 0 Å². The molecule has 0 aromatic heterocycles. The summed E-state index contributed by atoms with van der Waals surface area (Å²) < 4.78 is 10.1. The van der Waals surface area contributed by atoms with Crippen molar-refractivity contribution >= 4 is 5.97 Å². The number of aromatic hydroxyl groups is 1. The van der Waals surface area contributed by atoms with Gasteiger partial charge in [0.15, 0.2) is 0 Å². The van der Waals surface area contributed by atoms with Crippen LogP contribution in [-0.4, -0.2) is 24.3 Å². The maximum Gasteiger partial charge on any atom is 0.305 e. The van der Waals surface area contributed by atoms with Crippen molar-refractivity contribution in [1.29, 1.82) is 0 Å². The van der Waals surface area contributed by atoms with E-state index in [-0.39, 0.29) is 18.3 Å². The molecule has 0 aliphatic heterocycles. The van der Waals surface area contributed by atoms with Crippen molar-refractivity contribution in [1.82, 2.24) is 0 Å². The molecule has 0 aliphatic carbocycles. The van der Waals surface area contributed by atoms with E-state index in [1.54, 1.807) is 19.1 Å². The van der Waals surface area contributed by atoms with Gasteiger partial charge < -0.3 is 14.6 Å². The highest BCUT2D eigenvalue weighted by atomic mass is 16.6. The highest BCUT2D eigenvalue weighted by molar-refractivity contribution is 5.68. The van der Waals surface area contributed by atoms with Crippen LogP contribution in [0.15, 0.2) is 24.3 Å². The first-order valence-electron chi connectivity index (χ1n) is 4.80. The van der Waals surface area contributed by atoms with Gasteiger partial charge in [0, 0.05) is 6.42 Å². The molecule has 15 heavy (non-hydrogen) atoms. The van der Waals surface area contributed by atoms with E-state index in [9.17, 15) is 4.79 Å². The summed E-state index contributed by atoms with van der Waals surface area (Å²) in [5.74, 6) is 0.601. The van der Waals surface area contributed by atoms with Crippen molar-refractivity contribution in [3.63, 3.8) is 0 Å². The van der Waals surface area contributed by atoms with E-state index in [2.05, 4.69) is 0 Å². The van der Waals surface area contributed by atoms with E-state index >= 15 is 0 Å². The molecule has 0 saturated carbocycles. The number of ether oxygens (including phenoxy) is 2. The van der Waals surface area contributed by atoms with Gasteiger partial charge in [-0.1, -0.05) is 6.92 Å². The Balaban J connectivity index is 2.20. The molecule has 0 unspecified atom stereocenters. The predicted molar refractivity (Wildman–Crippen MR) is 54.9 cm³/mol. The van der Waals surface area contributed by atoms with Crippen LogP contribution in [0.3, 0.4) is 0 Å². The summed E-state index contributed by atoms with van der Waals surface area (Å²) in [7, 11) is 0. The molecular weight excluding hydrogens is 196 g/mol. The second kappa shape index (κ2) is 5.90. The molecule has 0 amide bonds. The summed E-state index contributed by atoms with van der Waals surface area (Å²) in [5.41, 5.74) is 0. The second-order valence-electron chi connectivity index (χ2n) is 2.92. The molecular formula is C11H14O4. The van der Waals surface area contributed by atoms with E-state index in [1.807, 2.05) is 0 Å². The number of phenolic OH excluding ortho intramolecular Hbond substituents is 1. The number of hydrogen-bond acceptors (Lipinski definition) is 4. The van der Waals surface area contributed by atoms with Crippen LogP contribution in [0.1, 0.15) is 13.3 Å². The SMILES string of the molecule is CCC(=O)OCCOc1ccc(O)cc1. The second-order valence-corrected chi connectivity index (χ2v) is 2.92. The van der Waals surface area contributed by atoms with Gasteiger partial charge in [-0.15, -0.1) is 0 Å². The van der Waals surface area contributed by atoms with Crippen LogP contribution >= 0.6 is 0 Å². The molecule has 1 rings (SSSR count). The standard InChI is InChI=1S/C11H14O4/c1-2-11(13)15-8-7-14-10-5-3-9(12)4-6-10/h3-6,12H,2,7-8H2,1H3. The molecule has 1 aromatic carbocycles. The normalized spacial score (nSPS) is 9.67. The van der Waals surface area contributed by atoms with Crippen molar-refractivity contribution in [2.45, 2.75) is 13.3 Å². The van der Waals surface area contributed by atoms with Crippen LogP contribution in [-0.2, 0) is 9.53 Å². The molecule has 4 heteroatoms. The van der Waals surface area contributed by atoms with Gasteiger partial charge in [0.1, 0.15) is 24.7 Å². The van der Waals surface area contributed by atoms with Gasteiger partial charge in [-0.3, -0.25) is 4.79 Å². The minimum absolute atomic E-state index is 0.194. The molecule has 0 radical (unpaired) electrons. The minimum atomic E-state index is -0.232. The minimum Gasteiger partial charge on any atom is -0.508 e. The van der Waals surface area contributed by atoms with Crippen molar-refractivity contribution in [3.8, 4) is 11.5 Å². The largest absolute Gasteiger partial charge is 0.508 e. The molecule has 0 spiro atoms. The Morgan fingerprint density at radius 3 is 2.53 bits per heavy atom. The smallest absolute Gasteiger partial charge is 0.305 e. The number of esters is 1. The monoisotopic (exact) mass is 210 g/mol. The molecule has 4 nitrogen and oxygen atoms in total. The summed E-state index contributed by atoms with van der Waals surface area (Å²) in [6.07, 6.45) is 0.374. The lowest BCUT2D eigenvalue weighted by molar-refractivity contribution is -0.143. The molecule has 0 heterocycles. The predicted octanol–water partition coefficient (Wildman–Crippen LogP) is 1.72. The third kappa shape index (κ3) is 4.35. The number of carbonyl (C=O) groups is 1. The first-order valence-corrected chi connectivity index (χ1v) is 4.80. The van der Waals surface area contributed by atoms with Crippen molar-refractivity contribution in [3.05, 3.63) is 24.3 Å². The highest BCUT2D eigenvalue weighted by Gasteiger charge is 1.98. The third-order valence-electron chi connectivity index (χ3n) is 1.74. The highest BCUT2D eigenvalue weighted by Crippen LogP contribution is 2.15. The van der Waals surface area contributed by atoms with Crippen LogP contribution < -0.4 is 4.74 Å². The van der Waals surface area contributed by atoms with Crippen LogP contribution in [0.2, 0.25) is 0 Å². The van der Waals surface area contributed by atoms with Gasteiger partial charge in [0.05, 0.1) is 0 Å². The lowest BCUT2D eigenvalue weighted by Gasteiger charge is -2.06. The summed E-state index contributed by atoms with van der Waals surface area (Å²) in [5, 5.41) is 9.01. The lowest BCUT2D eigenvalue weighted by Crippen LogP contribution is -2.11. The van der Waals surface area contributed by atoms with Gasteiger partial charge in [-0.2, -0.15) is 0 Å². The number of hydrogen-bond donors (Lipinski definition) is 1. The lowest BCUT2D eigenvalue weighted by atomic mass is 10.3. The zero-order valence-corrected chi connectivity index (χ0v) is 8.60. The summed E-state index contributed by atoms with van der Waals surface area (Å²) in [6.45, 7) is 2.30. The van der Waals surface area contributed by atoms with E-state index in [1.165, 1.54) is 12.1 Å². The fourth-order valence-corrected chi connectivity index (χ4v) is 0.959. The fraction of sp³-hybridized carbons (Fsp3) is 0.364. The Kier molecular flexibility index (Phi) is 4.47. The number of benzene rings is 1. The average Bonchev–Trinajstić information content (AvgIpc) is 2.26. The number of rotatable bonds is 5. The quantitative estimate of drug-likeness (QED) is 0.594. The molecule has 0 fully saturated rings. The topological polar surface area (TPSA) is 55.8 Å². The van der Waals surface area contributed by atoms with E-state index in [0.29, 0.717) is 18.8 Å². The van der Waals surface area contributed by atoms with Gasteiger partial charge in [0.2, 0.25) is 0 Å². The van der Waals surface area contributed by atoms with Crippen LogP contribution in [0.5, 0.6) is 11.5 Å². The molecule has 0 aliphatic rings. The molecule has 0 bridgehead atoms. The van der Waals surface area contributed by atoms with Gasteiger partial charge in [0.25, 0.3) is 0 Å². The Labute approximate surface area is 88.4 Å². The Hall–Kier alpha value is -1.71. The van der Waals surface area contributed by atoms with Crippen molar-refractivity contribution < 1.29 is 19.4 Å². The molecule has 1 aromatic rings. The Morgan fingerprint density at radius 2 is 1.93 bits per heavy atom. The molecule has 82 valence electrons. The fourth-order valence-electron chi connectivity index (χ4n) is 0.959. The van der Waals surface area contributed by atoms with Crippen LogP contribution in [0, 0.1) is 0 Å². The van der Waals surface area contributed by atoms with Crippen LogP contribution in [0.4, 0.5) is 0 Å². The van der Waals surface area contributed by atoms with E-state index in [4.69, 9.17) is 14.6 Å². The maximum absolute atomic E-state index is 10.8.